The van der Waals surface area contributed by atoms with Gasteiger partial charge in [-0.25, -0.2) is 4.39 Å². The molecule has 0 radical (unpaired) electrons. The zero-order valence-corrected chi connectivity index (χ0v) is 10.7. The molecule has 0 bridgehead atoms. The van der Waals surface area contributed by atoms with E-state index in [9.17, 15) is 14.5 Å². The minimum atomic E-state index is -0.429. The molecular formula is C12H8FNO2S2. The Labute approximate surface area is 111 Å². The summed E-state index contributed by atoms with van der Waals surface area (Å²) < 4.78 is 12.7. The zero-order chi connectivity index (χ0) is 13.0. The van der Waals surface area contributed by atoms with Gasteiger partial charge < -0.3 is 0 Å². The van der Waals surface area contributed by atoms with Gasteiger partial charge in [-0.2, -0.15) is 0 Å². The number of halogens is 1. The fourth-order valence-corrected chi connectivity index (χ4v) is 3.14. The Morgan fingerprint density at radius 2 is 1.33 bits per heavy atom. The molecule has 0 saturated carbocycles. The number of nitrogens with zero attached hydrogens (tertiary/aromatic N) is 1. The first-order valence-electron chi connectivity index (χ1n) is 5.00. The van der Waals surface area contributed by atoms with E-state index < -0.39 is 4.92 Å². The van der Waals surface area contributed by atoms with Crippen LogP contribution in [0.25, 0.3) is 0 Å². The average molecular weight is 281 g/mol. The summed E-state index contributed by atoms with van der Waals surface area (Å²) in [6.07, 6.45) is 0. The first-order chi connectivity index (χ1) is 8.65. The molecule has 3 nitrogen and oxygen atoms in total. The summed E-state index contributed by atoms with van der Waals surface area (Å²) in [6, 6.07) is 12.5. The van der Waals surface area contributed by atoms with Crippen LogP contribution in [0, 0.1) is 15.9 Å². The molecule has 0 fully saturated rings. The summed E-state index contributed by atoms with van der Waals surface area (Å²) in [5.41, 5.74) is 0.0751. The normalized spacial score (nSPS) is 10.3. The number of nitro groups is 1. The second-order valence-corrected chi connectivity index (χ2v) is 5.65. The van der Waals surface area contributed by atoms with E-state index in [4.69, 9.17) is 0 Å². The van der Waals surface area contributed by atoms with Crippen LogP contribution >= 0.6 is 21.6 Å². The van der Waals surface area contributed by atoms with E-state index in [1.54, 1.807) is 24.3 Å². The van der Waals surface area contributed by atoms with Crippen molar-refractivity contribution in [1.29, 1.82) is 0 Å². The van der Waals surface area contributed by atoms with Crippen LogP contribution in [0.3, 0.4) is 0 Å². The van der Waals surface area contributed by atoms with Crippen molar-refractivity contribution in [2.45, 2.75) is 9.79 Å². The van der Waals surface area contributed by atoms with Crippen molar-refractivity contribution in [2.75, 3.05) is 0 Å². The van der Waals surface area contributed by atoms with Crippen molar-refractivity contribution < 1.29 is 9.31 Å². The van der Waals surface area contributed by atoms with Crippen LogP contribution in [0.4, 0.5) is 10.1 Å². The SMILES string of the molecule is O=[N+]([O-])c1ccc(SSc2ccc(F)cc2)cc1. The molecule has 0 spiro atoms. The van der Waals surface area contributed by atoms with Gasteiger partial charge in [-0.05, 0) is 36.4 Å². The Bertz CT molecular complexity index is 543. The third-order valence-electron chi connectivity index (χ3n) is 2.10. The highest BCUT2D eigenvalue weighted by Crippen LogP contribution is 2.37. The Hall–Kier alpha value is -1.53. The molecule has 0 unspecified atom stereocenters. The van der Waals surface area contributed by atoms with Crippen molar-refractivity contribution in [3.8, 4) is 0 Å². The molecule has 0 amide bonds. The topological polar surface area (TPSA) is 43.1 Å². The third kappa shape index (κ3) is 3.48. The van der Waals surface area contributed by atoms with Gasteiger partial charge in [-0.1, -0.05) is 21.6 Å². The molecule has 0 saturated heterocycles. The van der Waals surface area contributed by atoms with Crippen molar-refractivity contribution in [3.05, 3.63) is 64.5 Å². The largest absolute Gasteiger partial charge is 0.269 e. The van der Waals surface area contributed by atoms with E-state index in [1.165, 1.54) is 45.9 Å². The molecule has 0 heterocycles. The fraction of sp³-hybridized carbons (Fsp3) is 0. The maximum Gasteiger partial charge on any atom is 0.269 e. The number of hydrogen-bond acceptors (Lipinski definition) is 4. The van der Waals surface area contributed by atoms with E-state index in [0.717, 1.165) is 9.79 Å². The molecule has 2 rings (SSSR count). The lowest BCUT2D eigenvalue weighted by molar-refractivity contribution is -0.384. The third-order valence-corrected chi connectivity index (χ3v) is 4.51. The van der Waals surface area contributed by atoms with Gasteiger partial charge in [0.05, 0.1) is 4.92 Å². The molecular weight excluding hydrogens is 273 g/mol. The number of nitro benzene ring substituents is 1. The van der Waals surface area contributed by atoms with E-state index in [0.29, 0.717) is 0 Å². The maximum absolute atomic E-state index is 12.7. The summed E-state index contributed by atoms with van der Waals surface area (Å²) >= 11 is 0. The Balaban J connectivity index is 1.97. The first kappa shape index (κ1) is 12.9. The van der Waals surface area contributed by atoms with E-state index in [-0.39, 0.29) is 11.5 Å². The van der Waals surface area contributed by atoms with Crippen LogP contribution in [-0.4, -0.2) is 4.92 Å². The molecule has 2 aromatic rings. The molecule has 0 aliphatic rings. The number of benzene rings is 2. The first-order valence-corrected chi connectivity index (χ1v) is 7.15. The number of non-ortho nitro benzene ring substituents is 1. The highest BCUT2D eigenvalue weighted by molar-refractivity contribution is 8.76. The summed E-state index contributed by atoms with van der Waals surface area (Å²) in [5, 5.41) is 10.5. The number of rotatable bonds is 4. The molecule has 2 aromatic carbocycles. The maximum atomic E-state index is 12.7. The average Bonchev–Trinajstić information content (AvgIpc) is 2.38. The lowest BCUT2D eigenvalue weighted by Gasteiger charge is -2.00. The number of hydrogen-bond donors (Lipinski definition) is 0. The Morgan fingerprint density at radius 3 is 1.78 bits per heavy atom. The molecule has 6 heteroatoms. The van der Waals surface area contributed by atoms with Gasteiger partial charge >= 0.3 is 0 Å². The molecule has 18 heavy (non-hydrogen) atoms. The van der Waals surface area contributed by atoms with E-state index >= 15 is 0 Å². The minimum absolute atomic E-state index is 0.0751. The van der Waals surface area contributed by atoms with Gasteiger partial charge in [-0.15, -0.1) is 0 Å². The lowest BCUT2D eigenvalue weighted by Crippen LogP contribution is -1.86. The molecule has 0 aliphatic heterocycles. The second-order valence-electron chi connectivity index (χ2n) is 3.37. The van der Waals surface area contributed by atoms with Crippen molar-refractivity contribution in [3.63, 3.8) is 0 Å². The van der Waals surface area contributed by atoms with E-state index in [1.807, 2.05) is 0 Å². The predicted octanol–water partition coefficient (Wildman–Crippen LogP) is 4.53. The Morgan fingerprint density at radius 1 is 0.889 bits per heavy atom. The van der Waals surface area contributed by atoms with Gasteiger partial charge in [0.1, 0.15) is 5.82 Å². The van der Waals surface area contributed by atoms with Gasteiger partial charge in [0, 0.05) is 21.9 Å². The van der Waals surface area contributed by atoms with Gasteiger partial charge in [0.2, 0.25) is 0 Å². The predicted molar refractivity (Wildman–Crippen MR) is 71.2 cm³/mol. The van der Waals surface area contributed by atoms with Crippen LogP contribution in [0.2, 0.25) is 0 Å². The highest BCUT2D eigenvalue weighted by atomic mass is 33.1. The zero-order valence-electron chi connectivity index (χ0n) is 9.08. The molecule has 0 aliphatic carbocycles. The van der Waals surface area contributed by atoms with E-state index in [2.05, 4.69) is 0 Å². The second kappa shape index (κ2) is 5.88. The summed E-state index contributed by atoms with van der Waals surface area (Å²) in [7, 11) is 2.95. The highest BCUT2D eigenvalue weighted by Gasteiger charge is 2.04. The molecule has 0 N–H and O–H groups in total. The summed E-state index contributed by atoms with van der Waals surface area (Å²) in [6.45, 7) is 0. The summed E-state index contributed by atoms with van der Waals surface area (Å²) in [4.78, 5) is 11.9. The standard InChI is InChI=1S/C12H8FNO2S2/c13-9-1-5-11(6-2-9)17-18-12-7-3-10(4-8-12)14(15)16/h1-8H. The Kier molecular flexibility index (Phi) is 4.22. The minimum Gasteiger partial charge on any atom is -0.258 e. The quantitative estimate of drug-likeness (QED) is 0.469. The van der Waals surface area contributed by atoms with Gasteiger partial charge in [-0.3, -0.25) is 10.1 Å². The van der Waals surface area contributed by atoms with Gasteiger partial charge in [0.15, 0.2) is 0 Å². The van der Waals surface area contributed by atoms with Gasteiger partial charge in [0.25, 0.3) is 5.69 Å². The molecule has 0 aromatic heterocycles. The van der Waals surface area contributed by atoms with Crippen LogP contribution in [0.5, 0.6) is 0 Å². The van der Waals surface area contributed by atoms with Crippen molar-refractivity contribution >= 4 is 27.3 Å². The van der Waals surface area contributed by atoms with Crippen LogP contribution in [0.1, 0.15) is 0 Å². The monoisotopic (exact) mass is 281 g/mol. The van der Waals surface area contributed by atoms with Crippen molar-refractivity contribution in [2.24, 2.45) is 0 Å². The molecule has 92 valence electrons. The van der Waals surface area contributed by atoms with Crippen LogP contribution in [-0.2, 0) is 0 Å². The van der Waals surface area contributed by atoms with Crippen LogP contribution in [0.15, 0.2) is 58.3 Å². The van der Waals surface area contributed by atoms with Crippen LogP contribution < -0.4 is 0 Å². The van der Waals surface area contributed by atoms with Crippen molar-refractivity contribution in [1.82, 2.24) is 0 Å². The smallest absolute Gasteiger partial charge is 0.258 e. The summed E-state index contributed by atoms with van der Waals surface area (Å²) in [5.74, 6) is -0.264. The molecule has 0 atom stereocenters. The lowest BCUT2D eigenvalue weighted by atomic mass is 10.3. The fourth-order valence-electron chi connectivity index (χ4n) is 1.21.